The first-order valence-corrected chi connectivity index (χ1v) is 6.37. The van der Waals surface area contributed by atoms with Crippen LogP contribution in [0.25, 0.3) is 0 Å². The summed E-state index contributed by atoms with van der Waals surface area (Å²) >= 11 is 4.31. The molecular weight excluding hydrogens is 202 g/mol. The topological polar surface area (TPSA) is 3.24 Å². The number of benzene rings is 1. The maximum Gasteiger partial charge on any atom is 0.0234 e. The highest BCUT2D eigenvalue weighted by molar-refractivity contribution is 7.80. The van der Waals surface area contributed by atoms with Gasteiger partial charge in [-0.2, -0.15) is 12.6 Å². The fourth-order valence-corrected chi connectivity index (χ4v) is 1.92. The molecule has 0 unspecified atom stereocenters. The van der Waals surface area contributed by atoms with Crippen molar-refractivity contribution in [2.24, 2.45) is 0 Å². The van der Waals surface area contributed by atoms with Gasteiger partial charge in [0.15, 0.2) is 0 Å². The van der Waals surface area contributed by atoms with Gasteiger partial charge in [0.05, 0.1) is 0 Å². The molecule has 1 nitrogen and oxygen atoms in total. The molecule has 0 radical (unpaired) electrons. The Morgan fingerprint density at radius 2 is 1.87 bits per heavy atom. The van der Waals surface area contributed by atoms with E-state index in [9.17, 15) is 0 Å². The molecule has 1 aromatic carbocycles. The number of nitrogens with zero attached hydrogens (tertiary/aromatic N) is 1. The quantitative estimate of drug-likeness (QED) is 0.695. The minimum absolute atomic E-state index is 0.941. The molecular formula is C13H21NS. The van der Waals surface area contributed by atoms with Crippen LogP contribution in [-0.4, -0.2) is 23.7 Å². The molecule has 0 spiro atoms. The molecule has 1 aromatic rings. The van der Waals surface area contributed by atoms with Crippen LogP contribution in [-0.2, 0) is 6.54 Å². The molecule has 1 rings (SSSR count). The van der Waals surface area contributed by atoms with Gasteiger partial charge in [0, 0.05) is 18.8 Å². The van der Waals surface area contributed by atoms with Gasteiger partial charge >= 0.3 is 0 Å². The summed E-state index contributed by atoms with van der Waals surface area (Å²) in [7, 11) is 0. The molecule has 0 aromatic heterocycles. The number of thiol groups is 1. The smallest absolute Gasteiger partial charge is 0.0234 e. The second-order valence-electron chi connectivity index (χ2n) is 3.84. The summed E-state index contributed by atoms with van der Waals surface area (Å²) in [4.78, 5) is 2.48. The molecule has 0 N–H and O–H groups in total. The largest absolute Gasteiger partial charge is 0.298 e. The Morgan fingerprint density at radius 1 is 1.13 bits per heavy atom. The van der Waals surface area contributed by atoms with Gasteiger partial charge in [0.25, 0.3) is 0 Å². The summed E-state index contributed by atoms with van der Waals surface area (Å²) < 4.78 is 0. The van der Waals surface area contributed by atoms with Gasteiger partial charge in [-0.15, -0.1) is 0 Å². The maximum absolute atomic E-state index is 4.31. The lowest BCUT2D eigenvalue weighted by molar-refractivity contribution is 0.278. The average molecular weight is 223 g/mol. The SMILES string of the molecule is CCCCN(CCS)Cc1ccccc1. The molecule has 0 heterocycles. The molecule has 15 heavy (non-hydrogen) atoms. The summed E-state index contributed by atoms with van der Waals surface area (Å²) in [5.41, 5.74) is 1.40. The maximum atomic E-state index is 4.31. The number of rotatable bonds is 7. The van der Waals surface area contributed by atoms with Crippen molar-refractivity contribution in [1.29, 1.82) is 0 Å². The van der Waals surface area contributed by atoms with Crippen molar-refractivity contribution in [1.82, 2.24) is 4.90 Å². The number of hydrogen-bond acceptors (Lipinski definition) is 2. The van der Waals surface area contributed by atoms with Gasteiger partial charge in [-0.05, 0) is 18.5 Å². The molecule has 0 fully saturated rings. The molecule has 84 valence electrons. The van der Waals surface area contributed by atoms with Crippen molar-refractivity contribution >= 4 is 12.6 Å². The minimum atomic E-state index is 0.941. The van der Waals surface area contributed by atoms with Crippen molar-refractivity contribution < 1.29 is 0 Å². The Hall–Kier alpha value is -0.470. The van der Waals surface area contributed by atoms with Gasteiger partial charge in [0.1, 0.15) is 0 Å². The van der Waals surface area contributed by atoms with E-state index < -0.39 is 0 Å². The molecule has 0 saturated carbocycles. The lowest BCUT2D eigenvalue weighted by Crippen LogP contribution is -2.26. The third-order valence-corrected chi connectivity index (χ3v) is 2.69. The minimum Gasteiger partial charge on any atom is -0.298 e. The molecule has 2 heteroatoms. The fraction of sp³-hybridized carbons (Fsp3) is 0.538. The summed E-state index contributed by atoms with van der Waals surface area (Å²) in [6.07, 6.45) is 2.54. The Labute approximate surface area is 98.9 Å². The normalized spacial score (nSPS) is 10.9. The molecule has 0 aliphatic rings. The van der Waals surface area contributed by atoms with Gasteiger partial charge in [-0.3, -0.25) is 4.90 Å². The van der Waals surface area contributed by atoms with Crippen molar-refractivity contribution in [3.05, 3.63) is 35.9 Å². The Kier molecular flexibility index (Phi) is 6.53. The third kappa shape index (κ3) is 5.24. The Bertz CT molecular complexity index is 248. The van der Waals surface area contributed by atoms with Crippen molar-refractivity contribution in [2.75, 3.05) is 18.8 Å². The molecule has 0 aliphatic heterocycles. The first-order valence-electron chi connectivity index (χ1n) is 5.74. The molecule has 0 amide bonds. The van der Waals surface area contributed by atoms with Crippen molar-refractivity contribution in [3.8, 4) is 0 Å². The zero-order valence-corrected chi connectivity index (χ0v) is 10.4. The van der Waals surface area contributed by atoms with E-state index in [2.05, 4.69) is 54.8 Å². The number of hydrogen-bond donors (Lipinski definition) is 1. The second-order valence-corrected chi connectivity index (χ2v) is 4.29. The lowest BCUT2D eigenvalue weighted by Gasteiger charge is -2.21. The average Bonchev–Trinajstić information content (AvgIpc) is 2.28. The van der Waals surface area contributed by atoms with Gasteiger partial charge in [-0.25, -0.2) is 0 Å². The first kappa shape index (κ1) is 12.6. The van der Waals surface area contributed by atoms with E-state index in [-0.39, 0.29) is 0 Å². The van der Waals surface area contributed by atoms with Crippen LogP contribution in [0.15, 0.2) is 30.3 Å². The van der Waals surface area contributed by atoms with E-state index in [4.69, 9.17) is 0 Å². The molecule has 0 atom stereocenters. The van der Waals surface area contributed by atoms with Crippen LogP contribution >= 0.6 is 12.6 Å². The van der Waals surface area contributed by atoms with Crippen LogP contribution in [0.2, 0.25) is 0 Å². The first-order chi connectivity index (χ1) is 7.36. The van der Waals surface area contributed by atoms with E-state index in [0.717, 1.165) is 18.8 Å². The Balaban J connectivity index is 2.43. The van der Waals surface area contributed by atoms with E-state index in [1.54, 1.807) is 0 Å². The predicted molar refractivity (Wildman–Crippen MR) is 70.5 cm³/mol. The predicted octanol–water partition coefficient (Wildman–Crippen LogP) is 3.22. The van der Waals surface area contributed by atoms with E-state index >= 15 is 0 Å². The van der Waals surface area contributed by atoms with Crippen LogP contribution in [0, 0.1) is 0 Å². The highest BCUT2D eigenvalue weighted by Crippen LogP contribution is 2.05. The lowest BCUT2D eigenvalue weighted by atomic mass is 10.2. The monoisotopic (exact) mass is 223 g/mol. The number of unbranched alkanes of at least 4 members (excludes halogenated alkanes) is 1. The van der Waals surface area contributed by atoms with Gasteiger partial charge < -0.3 is 0 Å². The van der Waals surface area contributed by atoms with Gasteiger partial charge in [-0.1, -0.05) is 43.7 Å². The molecule has 0 bridgehead atoms. The Morgan fingerprint density at radius 3 is 2.47 bits per heavy atom. The summed E-state index contributed by atoms with van der Waals surface area (Å²) in [6, 6.07) is 10.7. The standard InChI is InChI=1S/C13H21NS/c1-2-3-9-14(10-11-15)12-13-7-5-4-6-8-13/h4-8,15H,2-3,9-12H2,1H3. The van der Waals surface area contributed by atoms with Crippen LogP contribution in [0.3, 0.4) is 0 Å². The van der Waals surface area contributed by atoms with Crippen LogP contribution < -0.4 is 0 Å². The third-order valence-electron chi connectivity index (χ3n) is 2.49. The molecule has 0 saturated heterocycles. The highest BCUT2D eigenvalue weighted by atomic mass is 32.1. The fourth-order valence-electron chi connectivity index (χ4n) is 1.63. The summed E-state index contributed by atoms with van der Waals surface area (Å²) in [6.45, 7) is 5.56. The zero-order valence-electron chi connectivity index (χ0n) is 9.52. The van der Waals surface area contributed by atoms with E-state index in [1.165, 1.54) is 24.9 Å². The van der Waals surface area contributed by atoms with Gasteiger partial charge in [0.2, 0.25) is 0 Å². The van der Waals surface area contributed by atoms with E-state index in [1.807, 2.05) is 0 Å². The van der Waals surface area contributed by atoms with Crippen molar-refractivity contribution in [3.63, 3.8) is 0 Å². The highest BCUT2D eigenvalue weighted by Gasteiger charge is 2.03. The summed E-state index contributed by atoms with van der Waals surface area (Å²) in [5.74, 6) is 0.941. The molecule has 0 aliphatic carbocycles. The van der Waals surface area contributed by atoms with E-state index in [0.29, 0.717) is 0 Å². The van der Waals surface area contributed by atoms with Crippen LogP contribution in [0.1, 0.15) is 25.3 Å². The summed E-state index contributed by atoms with van der Waals surface area (Å²) in [5, 5.41) is 0. The van der Waals surface area contributed by atoms with Crippen LogP contribution in [0.4, 0.5) is 0 Å². The van der Waals surface area contributed by atoms with Crippen LogP contribution in [0.5, 0.6) is 0 Å². The second kappa shape index (κ2) is 7.77. The van der Waals surface area contributed by atoms with Crippen molar-refractivity contribution in [2.45, 2.75) is 26.3 Å². The zero-order chi connectivity index (χ0) is 10.9.